The van der Waals surface area contributed by atoms with Crippen LogP contribution in [0.15, 0.2) is 157 Å². The van der Waals surface area contributed by atoms with Crippen LogP contribution in [0.5, 0.6) is 0 Å². The second kappa shape index (κ2) is 13.1. The fourth-order valence-electron chi connectivity index (χ4n) is 14.8. The Bertz CT molecular complexity index is 2060. The van der Waals surface area contributed by atoms with Crippen LogP contribution in [0.2, 0.25) is 0 Å². The lowest BCUT2D eigenvalue weighted by molar-refractivity contribution is 0.0286. The first-order valence-electron chi connectivity index (χ1n) is 22.3. The highest BCUT2D eigenvalue weighted by Gasteiger charge is 2.68. The lowest BCUT2D eigenvalue weighted by Crippen LogP contribution is -2.53. The van der Waals surface area contributed by atoms with E-state index in [-0.39, 0.29) is 11.5 Å². The van der Waals surface area contributed by atoms with Gasteiger partial charge in [-0.3, -0.25) is 0 Å². The summed E-state index contributed by atoms with van der Waals surface area (Å²) in [5, 5.41) is 0. The molecule has 12 rings (SSSR count). The van der Waals surface area contributed by atoms with Crippen molar-refractivity contribution in [3.63, 3.8) is 0 Å². The Balaban J connectivity index is 0.994. The summed E-state index contributed by atoms with van der Waals surface area (Å²) in [5.41, 5.74) is 8.05. The minimum atomic E-state index is 0.155. The van der Waals surface area contributed by atoms with Gasteiger partial charge in [-0.15, -0.1) is 0 Å². The zero-order valence-corrected chi connectivity index (χ0v) is 32.3. The average Bonchev–Trinajstić information content (AvgIpc) is 3.88. The fraction of sp³-hybridized carbons (Fsp3) is 0.472. The molecule has 15 atom stereocenters. The monoisotopic (exact) mass is 723 g/mol. The second-order valence-corrected chi connectivity index (χ2v) is 18.9. The van der Waals surface area contributed by atoms with Crippen LogP contribution < -0.4 is 0 Å². The third kappa shape index (κ3) is 4.95. The van der Waals surface area contributed by atoms with Crippen LogP contribution in [0, 0.1) is 64.6 Å². The molecule has 1 aromatic rings. The largest absolute Gasteiger partial charge is 0.370 e. The summed E-state index contributed by atoms with van der Waals surface area (Å²) in [7, 11) is 0. The van der Waals surface area contributed by atoms with Gasteiger partial charge in [0.05, 0.1) is 12.2 Å². The van der Waals surface area contributed by atoms with Crippen molar-refractivity contribution in [1.82, 2.24) is 4.90 Å². The summed E-state index contributed by atoms with van der Waals surface area (Å²) in [6, 6.07) is 12.1. The first kappa shape index (κ1) is 33.3. The molecular weight excluding hydrogens is 667 g/mol. The topological polar surface area (TPSA) is 12.5 Å². The van der Waals surface area contributed by atoms with Gasteiger partial charge in [-0.2, -0.15) is 0 Å². The van der Waals surface area contributed by atoms with Gasteiger partial charge < -0.3 is 9.64 Å². The summed E-state index contributed by atoms with van der Waals surface area (Å²) in [6.45, 7) is 0. The molecule has 0 amide bonds. The van der Waals surface area contributed by atoms with Crippen molar-refractivity contribution in [2.24, 2.45) is 64.6 Å². The normalized spacial score (nSPS) is 45.0. The number of allylic oxidation sites excluding steroid dienone is 18. The van der Waals surface area contributed by atoms with E-state index in [0.717, 1.165) is 25.7 Å². The van der Waals surface area contributed by atoms with E-state index in [1.54, 1.807) is 16.8 Å². The number of hydrogen-bond acceptors (Lipinski definition) is 2. The highest BCUT2D eigenvalue weighted by atomic mass is 16.5. The van der Waals surface area contributed by atoms with E-state index in [4.69, 9.17) is 4.74 Å². The van der Waals surface area contributed by atoms with Crippen LogP contribution in [0.3, 0.4) is 0 Å². The van der Waals surface area contributed by atoms with E-state index < -0.39 is 0 Å². The van der Waals surface area contributed by atoms with Crippen LogP contribution in [-0.4, -0.2) is 29.2 Å². The number of fused-ring (bicyclic) bond motifs is 14. The maximum Gasteiger partial charge on any atom is 0.0814 e. The van der Waals surface area contributed by atoms with Gasteiger partial charge in [0.25, 0.3) is 0 Å². The minimum Gasteiger partial charge on any atom is -0.370 e. The Morgan fingerprint density at radius 2 is 1.56 bits per heavy atom. The van der Waals surface area contributed by atoms with Crippen molar-refractivity contribution in [2.75, 3.05) is 0 Å². The van der Waals surface area contributed by atoms with Crippen molar-refractivity contribution in [3.8, 4) is 0 Å². The standard InChI is InChI=1S/C53H57NO/c1-2-13-34(14-3-1)37-26-29-42-43-30-28-39(33-48(43)53(47(42)32-37)45-20-9-6-17-40(45)41-18-7-10-21-46(41)53)54(38-27-25-35-15-4-5-16-36(35)31-38)49-22-12-24-51-52(49)44-19-8-11-23-50(44)55-51/h1-6,8,12-19,21,24,26-30,32,35-36,39-40,42-45,47-52H,7,9-11,20,22-23,25,31,33H2. The molecule has 55 heavy (non-hydrogen) atoms. The van der Waals surface area contributed by atoms with E-state index >= 15 is 0 Å². The molecule has 1 spiro atoms. The molecule has 0 radical (unpaired) electrons. The smallest absolute Gasteiger partial charge is 0.0814 e. The predicted octanol–water partition coefficient (Wildman–Crippen LogP) is 11.7. The highest BCUT2D eigenvalue weighted by molar-refractivity contribution is 5.76. The molecule has 15 unspecified atom stereocenters. The number of nitrogens with zero attached hydrogens (tertiary/aromatic N) is 1. The maximum atomic E-state index is 6.93. The van der Waals surface area contributed by atoms with Crippen molar-refractivity contribution in [1.29, 1.82) is 0 Å². The van der Waals surface area contributed by atoms with Crippen molar-refractivity contribution >= 4 is 5.57 Å². The Morgan fingerprint density at radius 1 is 0.691 bits per heavy atom. The molecule has 2 saturated carbocycles. The molecule has 1 saturated heterocycles. The van der Waals surface area contributed by atoms with Crippen molar-refractivity contribution in [3.05, 3.63) is 162 Å². The van der Waals surface area contributed by atoms with Crippen LogP contribution in [-0.2, 0) is 4.74 Å². The summed E-state index contributed by atoms with van der Waals surface area (Å²) in [6.07, 6.45) is 58.9. The van der Waals surface area contributed by atoms with Gasteiger partial charge in [-0.1, -0.05) is 140 Å². The molecule has 3 fully saturated rings. The molecule has 2 nitrogen and oxygen atoms in total. The molecule has 1 aromatic carbocycles. The van der Waals surface area contributed by atoms with Gasteiger partial charge in [0, 0.05) is 40.9 Å². The summed E-state index contributed by atoms with van der Waals surface area (Å²) in [5.74, 6) is 5.73. The molecule has 0 bridgehead atoms. The Hall–Kier alpha value is -3.88. The van der Waals surface area contributed by atoms with Gasteiger partial charge in [0.1, 0.15) is 0 Å². The third-order valence-electron chi connectivity index (χ3n) is 16.8. The van der Waals surface area contributed by atoms with Crippen molar-refractivity contribution in [2.45, 2.75) is 88.5 Å². The minimum absolute atomic E-state index is 0.155. The predicted molar refractivity (Wildman–Crippen MR) is 224 cm³/mol. The van der Waals surface area contributed by atoms with E-state index in [1.165, 1.54) is 49.7 Å². The average molecular weight is 724 g/mol. The molecule has 2 heteroatoms. The lowest BCUT2D eigenvalue weighted by atomic mass is 9.56. The van der Waals surface area contributed by atoms with E-state index in [0.29, 0.717) is 77.4 Å². The summed E-state index contributed by atoms with van der Waals surface area (Å²) >= 11 is 0. The number of hydrogen-bond donors (Lipinski definition) is 0. The second-order valence-electron chi connectivity index (χ2n) is 18.9. The molecule has 11 aliphatic rings. The first-order chi connectivity index (χ1) is 27.3. The highest BCUT2D eigenvalue weighted by Crippen LogP contribution is 2.74. The van der Waals surface area contributed by atoms with Crippen LogP contribution in [0.1, 0.15) is 69.8 Å². The van der Waals surface area contributed by atoms with Gasteiger partial charge in [0.2, 0.25) is 0 Å². The van der Waals surface area contributed by atoms with Crippen LogP contribution in [0.4, 0.5) is 0 Å². The van der Waals surface area contributed by atoms with Gasteiger partial charge in [-0.05, 0) is 128 Å². The molecule has 0 aromatic heterocycles. The molecule has 1 heterocycles. The maximum absolute atomic E-state index is 6.93. The quantitative estimate of drug-likeness (QED) is 0.287. The molecule has 1 aliphatic heterocycles. The Morgan fingerprint density at radius 3 is 2.51 bits per heavy atom. The number of benzene rings is 1. The molecular formula is C53H57NO. The lowest BCUT2D eigenvalue weighted by Gasteiger charge is -2.52. The summed E-state index contributed by atoms with van der Waals surface area (Å²) in [4.78, 5) is 3.06. The van der Waals surface area contributed by atoms with Crippen LogP contribution >= 0.6 is 0 Å². The van der Waals surface area contributed by atoms with Gasteiger partial charge in [0.15, 0.2) is 0 Å². The molecule has 0 N–H and O–H groups in total. The zero-order chi connectivity index (χ0) is 36.1. The Kier molecular flexibility index (Phi) is 7.92. The zero-order valence-electron chi connectivity index (χ0n) is 32.3. The first-order valence-corrected chi connectivity index (χ1v) is 22.3. The SMILES string of the molecule is C1=CC2CC=C(N(C3C=CC4C5C=CC(c6ccccc6)=CC5C5(C6=CCCC=C6C6C=CCCC65)C4C3)C3CC=CC4OC5CCC=CC5C43)CC2C=C1. The Labute approximate surface area is 329 Å². The fourth-order valence-corrected chi connectivity index (χ4v) is 14.8. The number of rotatable bonds is 4. The summed E-state index contributed by atoms with van der Waals surface area (Å²) < 4.78 is 6.93. The molecule has 10 aliphatic carbocycles. The van der Waals surface area contributed by atoms with Gasteiger partial charge in [-0.25, -0.2) is 0 Å². The van der Waals surface area contributed by atoms with Gasteiger partial charge >= 0.3 is 0 Å². The third-order valence-corrected chi connectivity index (χ3v) is 16.8. The van der Waals surface area contributed by atoms with Crippen LogP contribution in [0.25, 0.3) is 5.57 Å². The van der Waals surface area contributed by atoms with E-state index in [2.05, 4.69) is 145 Å². The molecule has 280 valence electrons. The number of ether oxygens (including phenoxy) is 1. The van der Waals surface area contributed by atoms with E-state index in [1.807, 2.05) is 0 Å². The van der Waals surface area contributed by atoms with Crippen molar-refractivity contribution < 1.29 is 4.74 Å². The van der Waals surface area contributed by atoms with E-state index in [9.17, 15) is 0 Å².